The van der Waals surface area contributed by atoms with Crippen LogP contribution in [0, 0.1) is 16.7 Å². The summed E-state index contributed by atoms with van der Waals surface area (Å²) in [5.74, 6) is -0.404. The number of nitriles is 1. The van der Waals surface area contributed by atoms with Gasteiger partial charge in [0.1, 0.15) is 41.6 Å². The molecule has 9 rings (SSSR count). The number of amides is 5. The van der Waals surface area contributed by atoms with Crippen LogP contribution in [0.5, 0.6) is 17.2 Å². The second kappa shape index (κ2) is 14.7. The van der Waals surface area contributed by atoms with Gasteiger partial charge in [0.25, 0.3) is 17.7 Å². The lowest BCUT2D eigenvalue weighted by atomic mass is 9.45. The van der Waals surface area contributed by atoms with E-state index in [0.29, 0.717) is 46.5 Å². The lowest BCUT2D eigenvalue weighted by Crippen LogP contribution is -2.78. The molecule has 4 heterocycles. The van der Waals surface area contributed by atoms with Crippen molar-refractivity contribution in [1.82, 2.24) is 25.4 Å². The first kappa shape index (κ1) is 39.1. The summed E-state index contributed by atoms with van der Waals surface area (Å²) in [6.07, 6.45) is 5.17. The second-order valence-corrected chi connectivity index (χ2v) is 17.4. The molecule has 3 fully saturated rings. The van der Waals surface area contributed by atoms with Crippen LogP contribution in [0.15, 0.2) is 66.9 Å². The predicted octanol–water partition coefficient (Wildman–Crippen LogP) is 5.07. The van der Waals surface area contributed by atoms with Gasteiger partial charge in [-0.3, -0.25) is 39.2 Å². The van der Waals surface area contributed by atoms with Crippen molar-refractivity contribution < 1.29 is 38.2 Å². The van der Waals surface area contributed by atoms with Gasteiger partial charge in [-0.2, -0.15) is 5.26 Å². The summed E-state index contributed by atoms with van der Waals surface area (Å²) in [5.41, 5.74) is 2.21. The zero-order valence-corrected chi connectivity index (χ0v) is 33.9. The van der Waals surface area contributed by atoms with E-state index in [4.69, 9.17) is 14.2 Å². The van der Waals surface area contributed by atoms with Crippen LogP contribution in [-0.4, -0.2) is 94.9 Å². The monoisotopic (exact) mass is 810 g/mol. The molecule has 1 aromatic heterocycles. The van der Waals surface area contributed by atoms with E-state index in [9.17, 15) is 29.2 Å². The van der Waals surface area contributed by atoms with E-state index in [1.54, 1.807) is 42.6 Å². The number of hydrogen-bond donors (Lipinski definition) is 2. The smallest absolute Gasteiger partial charge is 0.262 e. The van der Waals surface area contributed by atoms with Gasteiger partial charge in [0.05, 0.1) is 40.3 Å². The molecule has 0 spiro atoms. The number of fused-ring (bicyclic) bond motifs is 3. The molecule has 5 aliphatic rings. The Labute approximate surface area is 347 Å². The van der Waals surface area contributed by atoms with Crippen molar-refractivity contribution in [2.75, 3.05) is 20.2 Å². The van der Waals surface area contributed by atoms with Crippen LogP contribution < -0.4 is 24.8 Å². The topological polar surface area (TPSA) is 180 Å². The third-order valence-corrected chi connectivity index (χ3v) is 13.3. The molecule has 2 N–H and O–H groups in total. The number of nitrogens with zero attached hydrogens (tertiary/aromatic N) is 4. The Morgan fingerprint density at radius 2 is 1.75 bits per heavy atom. The van der Waals surface area contributed by atoms with Gasteiger partial charge >= 0.3 is 0 Å². The summed E-state index contributed by atoms with van der Waals surface area (Å²) in [7, 11) is 2.10. The predicted molar refractivity (Wildman–Crippen MR) is 218 cm³/mol. The van der Waals surface area contributed by atoms with Crippen LogP contribution in [0.2, 0.25) is 0 Å². The number of piperidine rings is 1. The molecular weight excluding hydrogens is 765 g/mol. The fourth-order valence-electron chi connectivity index (χ4n) is 10.1. The SMILES string of the molecule is CN(CCCCOc1ccc(C(=O)N[C@H]2C(C)(C)[C@@H]3Oc4ccc(C#N)c5nccc(c45)C23C)cc1)C1CC(Oc2ccc3c(c2)C(=O)N(C2CCC(=O)NC2=O)C3=O)C1. The molecule has 14 nitrogen and oxygen atoms in total. The Hall–Kier alpha value is -6.33. The third-order valence-electron chi connectivity index (χ3n) is 13.3. The standard InChI is InChI=1S/C46H46N6O8/c1-45(2)43(46(3)33-17-18-48-38-26(24-47)9-15-35(37(33)38)60-44(45)46)50-39(54)25-7-10-28(11-8-25)58-20-6-5-19-51(4)27-21-30(22-27)59-29-12-13-31-32(23-29)42(57)52(41(31)56)34-14-16-36(53)49-40(34)55/h7-13,15,17-18,23,27,30,34,43-44H,5-6,14,16,19-22H2,1-4H3,(H,50,54)(H,49,53,55)/t27?,30?,34?,43-,44-,46?/m0/s1. The van der Waals surface area contributed by atoms with Gasteiger partial charge in [0.2, 0.25) is 11.8 Å². The largest absolute Gasteiger partial charge is 0.494 e. The van der Waals surface area contributed by atoms with Crippen molar-refractivity contribution in [2.24, 2.45) is 5.41 Å². The van der Waals surface area contributed by atoms with Crippen LogP contribution in [0.1, 0.15) is 101 Å². The van der Waals surface area contributed by atoms with Gasteiger partial charge in [-0.05, 0) is 106 Å². The maximum Gasteiger partial charge on any atom is 0.262 e. The number of aromatic nitrogens is 1. The van der Waals surface area contributed by atoms with Crippen molar-refractivity contribution in [3.63, 3.8) is 0 Å². The summed E-state index contributed by atoms with van der Waals surface area (Å²) in [6, 6.07) is 19.0. The van der Waals surface area contributed by atoms with E-state index in [-0.39, 0.29) is 53.5 Å². The van der Waals surface area contributed by atoms with E-state index in [0.717, 1.165) is 48.1 Å². The number of benzene rings is 3. The first-order chi connectivity index (χ1) is 28.8. The average Bonchev–Trinajstić information content (AvgIpc) is 3.46. The van der Waals surface area contributed by atoms with Crippen molar-refractivity contribution in [3.05, 3.63) is 94.7 Å². The van der Waals surface area contributed by atoms with Crippen molar-refractivity contribution in [1.29, 1.82) is 5.26 Å². The van der Waals surface area contributed by atoms with E-state index in [1.165, 1.54) is 0 Å². The maximum atomic E-state index is 13.6. The highest BCUT2D eigenvalue weighted by atomic mass is 16.5. The lowest BCUT2D eigenvalue weighted by molar-refractivity contribution is -0.136. The fourth-order valence-corrected chi connectivity index (χ4v) is 10.1. The number of pyridine rings is 1. The molecule has 4 aromatic rings. The first-order valence-corrected chi connectivity index (χ1v) is 20.5. The van der Waals surface area contributed by atoms with Crippen LogP contribution in [0.4, 0.5) is 0 Å². The number of rotatable bonds is 12. The number of imide groups is 2. The summed E-state index contributed by atoms with van der Waals surface area (Å²) in [5, 5.41) is 16.1. The number of hydrogen-bond acceptors (Lipinski definition) is 11. The van der Waals surface area contributed by atoms with Crippen molar-refractivity contribution in [3.8, 4) is 23.3 Å². The summed E-state index contributed by atoms with van der Waals surface area (Å²) in [6.45, 7) is 7.77. The lowest BCUT2D eigenvalue weighted by Gasteiger charge is -2.66. The highest BCUT2D eigenvalue weighted by Gasteiger charge is 2.69. The van der Waals surface area contributed by atoms with E-state index in [2.05, 4.69) is 54.4 Å². The Kier molecular flexibility index (Phi) is 9.62. The summed E-state index contributed by atoms with van der Waals surface area (Å²) < 4.78 is 18.7. The van der Waals surface area contributed by atoms with Crippen LogP contribution in [-0.2, 0) is 15.0 Å². The zero-order chi connectivity index (χ0) is 42.1. The minimum atomic E-state index is -1.00. The number of ether oxygens (including phenoxy) is 3. The number of unbranched alkanes of at least 4 members (excludes halogenated alkanes) is 1. The van der Waals surface area contributed by atoms with Crippen molar-refractivity contribution in [2.45, 2.75) is 95.0 Å². The van der Waals surface area contributed by atoms with E-state index in [1.807, 2.05) is 24.3 Å². The Morgan fingerprint density at radius 1 is 1.00 bits per heavy atom. The minimum Gasteiger partial charge on any atom is -0.494 e. The molecule has 2 aliphatic carbocycles. The Morgan fingerprint density at radius 3 is 2.50 bits per heavy atom. The van der Waals surface area contributed by atoms with Gasteiger partial charge in [0, 0.05) is 47.9 Å². The van der Waals surface area contributed by atoms with Gasteiger partial charge in [-0.15, -0.1) is 0 Å². The van der Waals surface area contributed by atoms with E-state index >= 15 is 0 Å². The maximum absolute atomic E-state index is 13.6. The highest BCUT2D eigenvalue weighted by Crippen LogP contribution is 2.61. The summed E-state index contributed by atoms with van der Waals surface area (Å²) >= 11 is 0. The van der Waals surface area contributed by atoms with E-state index < -0.39 is 35.1 Å². The molecule has 4 atom stereocenters. The quantitative estimate of drug-likeness (QED) is 0.144. The van der Waals surface area contributed by atoms with Gasteiger partial charge in [-0.1, -0.05) is 13.8 Å². The number of nitrogens with one attached hydrogen (secondary N) is 2. The normalized spacial score (nSPS) is 25.9. The highest BCUT2D eigenvalue weighted by molar-refractivity contribution is 6.23. The fraction of sp³-hybridized carbons (Fsp3) is 0.413. The minimum absolute atomic E-state index is 0.0209. The summed E-state index contributed by atoms with van der Waals surface area (Å²) in [4.78, 5) is 71.5. The molecule has 60 heavy (non-hydrogen) atoms. The van der Waals surface area contributed by atoms with Gasteiger partial charge in [0.15, 0.2) is 0 Å². The molecule has 2 unspecified atom stereocenters. The molecule has 2 saturated carbocycles. The molecule has 0 radical (unpaired) electrons. The van der Waals surface area contributed by atoms with Gasteiger partial charge < -0.3 is 24.4 Å². The molecule has 308 valence electrons. The number of carbonyl (C=O) groups is 5. The van der Waals surface area contributed by atoms with Crippen LogP contribution in [0.25, 0.3) is 10.9 Å². The zero-order valence-electron chi connectivity index (χ0n) is 33.9. The second-order valence-electron chi connectivity index (χ2n) is 17.4. The molecule has 14 heteroatoms. The Balaban J connectivity index is 0.715. The first-order valence-electron chi connectivity index (χ1n) is 20.5. The molecule has 5 amide bonds. The molecule has 3 aromatic carbocycles. The van der Waals surface area contributed by atoms with Crippen LogP contribution in [0.3, 0.4) is 0 Å². The van der Waals surface area contributed by atoms with Crippen LogP contribution >= 0.6 is 0 Å². The molecule has 3 aliphatic heterocycles. The Bertz CT molecular complexity index is 2510. The average molecular weight is 811 g/mol. The number of carbonyl (C=O) groups excluding carboxylic acids is 5. The van der Waals surface area contributed by atoms with Crippen molar-refractivity contribution >= 4 is 40.4 Å². The van der Waals surface area contributed by atoms with Gasteiger partial charge in [-0.25, -0.2) is 0 Å². The molecule has 1 saturated heterocycles. The molecule has 0 bridgehead atoms. The third kappa shape index (κ3) is 6.34. The molecular formula is C46H46N6O8.